The van der Waals surface area contributed by atoms with E-state index in [0.29, 0.717) is 18.0 Å². The van der Waals surface area contributed by atoms with Gasteiger partial charge in [0, 0.05) is 11.4 Å². The zero-order valence-corrected chi connectivity index (χ0v) is 14.8. The minimum Gasteiger partial charge on any atom is -0.493 e. The van der Waals surface area contributed by atoms with Gasteiger partial charge in [0.2, 0.25) is 0 Å². The summed E-state index contributed by atoms with van der Waals surface area (Å²) in [6.07, 6.45) is 0. The van der Waals surface area contributed by atoms with Crippen LogP contribution in [0.25, 0.3) is 0 Å². The molecule has 2 aromatic rings. The highest BCUT2D eigenvalue weighted by Gasteiger charge is 2.24. The van der Waals surface area contributed by atoms with Crippen LogP contribution < -0.4 is 20.1 Å². The number of aliphatic hydroxyl groups is 1. The minimum atomic E-state index is -1.09. The predicted octanol–water partition coefficient (Wildman–Crippen LogP) is 2.47. The molecule has 1 heterocycles. The molecule has 1 aromatic carbocycles. The second-order valence-electron chi connectivity index (χ2n) is 5.48. The fourth-order valence-electron chi connectivity index (χ4n) is 2.16. The number of carbonyl (C=O) groups is 1. The van der Waals surface area contributed by atoms with Crippen LogP contribution >= 0.6 is 11.3 Å². The molecule has 0 saturated heterocycles. The maximum atomic E-state index is 11.9. The molecule has 1 aromatic heterocycles. The zero-order chi connectivity index (χ0) is 17.6. The number of ether oxygens (including phenoxy) is 2. The third kappa shape index (κ3) is 4.62. The summed E-state index contributed by atoms with van der Waals surface area (Å²) < 4.78 is 10.4. The number of carbonyl (C=O) groups excluding carboxylic acids is 1. The van der Waals surface area contributed by atoms with Crippen LogP contribution in [0.5, 0.6) is 11.5 Å². The normalized spacial score (nSPS) is 13.0. The third-order valence-electron chi connectivity index (χ3n) is 3.55. The first-order chi connectivity index (χ1) is 11.5. The summed E-state index contributed by atoms with van der Waals surface area (Å²) >= 11 is 1.45. The first-order valence-electron chi connectivity index (χ1n) is 7.45. The Labute approximate surface area is 145 Å². The summed E-state index contributed by atoms with van der Waals surface area (Å²) in [5.74, 6) is 1.25. The van der Waals surface area contributed by atoms with Gasteiger partial charge in [-0.15, -0.1) is 11.3 Å². The average Bonchev–Trinajstić information content (AvgIpc) is 3.13. The first kappa shape index (κ1) is 18.1. The maximum Gasteiger partial charge on any atom is 0.315 e. The first-order valence-corrected chi connectivity index (χ1v) is 8.33. The van der Waals surface area contributed by atoms with Crippen LogP contribution in [0.2, 0.25) is 0 Å². The van der Waals surface area contributed by atoms with Crippen molar-refractivity contribution in [2.24, 2.45) is 0 Å². The molecule has 3 N–H and O–H groups in total. The Bertz CT molecular complexity index is 671. The number of urea groups is 1. The SMILES string of the molecule is COc1ccc(CNC(=O)NC[C@@](C)(O)c2cccs2)cc1OC. The lowest BCUT2D eigenvalue weighted by molar-refractivity contribution is 0.0631. The third-order valence-corrected chi connectivity index (χ3v) is 4.67. The van der Waals surface area contributed by atoms with Gasteiger partial charge in [-0.05, 0) is 36.1 Å². The molecule has 0 saturated carbocycles. The van der Waals surface area contributed by atoms with Gasteiger partial charge in [0.05, 0.1) is 20.8 Å². The molecule has 2 rings (SSSR count). The summed E-state index contributed by atoms with van der Waals surface area (Å²) in [5, 5.41) is 17.7. The quantitative estimate of drug-likeness (QED) is 0.717. The molecule has 0 unspecified atom stereocenters. The van der Waals surface area contributed by atoms with Crippen LogP contribution in [0, 0.1) is 0 Å². The number of hydrogen-bond acceptors (Lipinski definition) is 5. The Morgan fingerprint density at radius 3 is 2.58 bits per heavy atom. The Morgan fingerprint density at radius 1 is 1.21 bits per heavy atom. The van der Waals surface area contributed by atoms with E-state index < -0.39 is 5.60 Å². The largest absolute Gasteiger partial charge is 0.493 e. The number of nitrogens with one attached hydrogen (secondary N) is 2. The molecule has 0 fully saturated rings. The van der Waals surface area contributed by atoms with Crippen molar-refractivity contribution >= 4 is 17.4 Å². The zero-order valence-electron chi connectivity index (χ0n) is 14.0. The van der Waals surface area contributed by atoms with Gasteiger partial charge in [0.15, 0.2) is 11.5 Å². The van der Waals surface area contributed by atoms with Crippen LogP contribution in [0.1, 0.15) is 17.4 Å². The van der Waals surface area contributed by atoms with Gasteiger partial charge in [-0.25, -0.2) is 4.79 Å². The molecule has 24 heavy (non-hydrogen) atoms. The fourth-order valence-corrected chi connectivity index (χ4v) is 2.95. The molecule has 0 spiro atoms. The van der Waals surface area contributed by atoms with Gasteiger partial charge in [0.25, 0.3) is 0 Å². The van der Waals surface area contributed by atoms with E-state index in [4.69, 9.17) is 9.47 Å². The van der Waals surface area contributed by atoms with Gasteiger partial charge in [-0.2, -0.15) is 0 Å². The van der Waals surface area contributed by atoms with Gasteiger partial charge in [-0.1, -0.05) is 12.1 Å². The van der Waals surface area contributed by atoms with E-state index in [2.05, 4.69) is 10.6 Å². The van der Waals surface area contributed by atoms with Gasteiger partial charge >= 0.3 is 6.03 Å². The Balaban J connectivity index is 1.85. The maximum absolute atomic E-state index is 11.9. The van der Waals surface area contributed by atoms with Crippen molar-refractivity contribution in [2.75, 3.05) is 20.8 Å². The number of thiophene rings is 1. The van der Waals surface area contributed by atoms with E-state index >= 15 is 0 Å². The van der Waals surface area contributed by atoms with Crippen molar-refractivity contribution in [1.82, 2.24) is 10.6 Å². The van der Waals surface area contributed by atoms with Gasteiger partial charge in [0.1, 0.15) is 5.60 Å². The number of rotatable bonds is 7. The van der Waals surface area contributed by atoms with E-state index in [1.165, 1.54) is 11.3 Å². The Hall–Kier alpha value is -2.25. The molecule has 6 nitrogen and oxygen atoms in total. The second kappa shape index (κ2) is 8.03. The lowest BCUT2D eigenvalue weighted by atomic mass is 10.1. The summed E-state index contributed by atoms with van der Waals surface area (Å²) in [7, 11) is 3.14. The number of amides is 2. The number of benzene rings is 1. The van der Waals surface area contributed by atoms with Crippen molar-refractivity contribution < 1.29 is 19.4 Å². The molecule has 2 amide bonds. The topological polar surface area (TPSA) is 79.8 Å². The van der Waals surface area contributed by atoms with E-state index in [1.54, 1.807) is 33.3 Å². The van der Waals surface area contributed by atoms with Crippen LogP contribution in [0.15, 0.2) is 35.7 Å². The van der Waals surface area contributed by atoms with E-state index in [-0.39, 0.29) is 12.6 Å². The smallest absolute Gasteiger partial charge is 0.315 e. The average molecular weight is 350 g/mol. The van der Waals surface area contributed by atoms with Gasteiger partial charge in [-0.3, -0.25) is 0 Å². The van der Waals surface area contributed by atoms with Gasteiger partial charge < -0.3 is 25.2 Å². The lowest BCUT2D eigenvalue weighted by Crippen LogP contribution is -2.42. The van der Waals surface area contributed by atoms with Crippen LogP contribution in [-0.2, 0) is 12.1 Å². The summed E-state index contributed by atoms with van der Waals surface area (Å²) in [6.45, 7) is 2.14. The molecule has 0 aliphatic carbocycles. The van der Waals surface area contributed by atoms with Crippen molar-refractivity contribution in [2.45, 2.75) is 19.1 Å². The second-order valence-corrected chi connectivity index (χ2v) is 6.42. The molecule has 0 aliphatic rings. The number of hydrogen-bond donors (Lipinski definition) is 3. The number of methoxy groups -OCH3 is 2. The summed E-state index contributed by atoms with van der Waals surface area (Å²) in [6, 6.07) is 8.81. The predicted molar refractivity (Wildman–Crippen MR) is 93.7 cm³/mol. The lowest BCUT2D eigenvalue weighted by Gasteiger charge is -2.22. The standard InChI is InChI=1S/C17H22N2O4S/c1-17(21,15-5-4-8-24-15)11-19-16(20)18-10-12-6-7-13(22-2)14(9-12)23-3/h4-9,21H,10-11H2,1-3H3,(H2,18,19,20)/t17-/m1/s1. The highest BCUT2D eigenvalue weighted by Crippen LogP contribution is 2.27. The molecule has 1 atom stereocenters. The van der Waals surface area contributed by atoms with Crippen LogP contribution in [0.4, 0.5) is 4.79 Å². The van der Waals surface area contributed by atoms with Crippen molar-refractivity contribution in [3.05, 3.63) is 46.2 Å². The molecule has 0 radical (unpaired) electrons. The Kier molecular flexibility index (Phi) is 6.05. The van der Waals surface area contributed by atoms with Crippen LogP contribution in [-0.4, -0.2) is 31.9 Å². The van der Waals surface area contributed by atoms with E-state index in [0.717, 1.165) is 10.4 Å². The molecular formula is C17H22N2O4S. The summed E-state index contributed by atoms with van der Waals surface area (Å²) in [4.78, 5) is 12.7. The van der Waals surface area contributed by atoms with Crippen molar-refractivity contribution in [1.29, 1.82) is 0 Å². The molecular weight excluding hydrogens is 328 g/mol. The molecule has 130 valence electrons. The monoisotopic (exact) mass is 350 g/mol. The highest BCUT2D eigenvalue weighted by atomic mass is 32.1. The minimum absolute atomic E-state index is 0.130. The van der Waals surface area contributed by atoms with Crippen molar-refractivity contribution in [3.63, 3.8) is 0 Å². The summed E-state index contributed by atoms with van der Waals surface area (Å²) in [5.41, 5.74) is -0.206. The molecule has 7 heteroatoms. The highest BCUT2D eigenvalue weighted by molar-refractivity contribution is 7.10. The van der Waals surface area contributed by atoms with E-state index in [1.807, 2.05) is 23.6 Å². The molecule has 0 bridgehead atoms. The van der Waals surface area contributed by atoms with Crippen molar-refractivity contribution in [3.8, 4) is 11.5 Å². The molecule has 0 aliphatic heterocycles. The fraction of sp³-hybridized carbons (Fsp3) is 0.353. The Morgan fingerprint density at radius 2 is 1.96 bits per heavy atom. The van der Waals surface area contributed by atoms with E-state index in [9.17, 15) is 9.90 Å². The van der Waals surface area contributed by atoms with Crippen LogP contribution in [0.3, 0.4) is 0 Å².